The number of esters is 1. The number of hydrogen-bond acceptors (Lipinski definition) is 3. The van der Waals surface area contributed by atoms with E-state index in [1.54, 1.807) is 24.3 Å². The Morgan fingerprint density at radius 2 is 1.54 bits per heavy atom. The van der Waals surface area contributed by atoms with Crippen LogP contribution in [0.4, 0.5) is 5.69 Å². The number of carbonyl (C=O) groups excluding carboxylic acids is 1. The van der Waals surface area contributed by atoms with Crippen molar-refractivity contribution in [2.75, 3.05) is 11.9 Å². The molecule has 0 aliphatic heterocycles. The van der Waals surface area contributed by atoms with Crippen molar-refractivity contribution in [1.29, 1.82) is 0 Å². The highest BCUT2D eigenvalue weighted by atomic mass is 79.9. The van der Waals surface area contributed by atoms with Crippen LogP contribution in [0.15, 0.2) is 53.0 Å². The first-order valence-electron chi connectivity index (χ1n) is 10.5. The second kappa shape index (κ2) is 13.4. The fraction of sp³-hybridized carbons (Fsp3) is 0.458. The first-order valence-corrected chi connectivity index (χ1v) is 11.3. The van der Waals surface area contributed by atoms with E-state index in [-0.39, 0.29) is 5.97 Å². The van der Waals surface area contributed by atoms with Gasteiger partial charge in [0.15, 0.2) is 0 Å². The molecule has 2 aromatic rings. The van der Waals surface area contributed by atoms with Crippen molar-refractivity contribution in [3.63, 3.8) is 0 Å². The molecule has 28 heavy (non-hydrogen) atoms. The molecule has 0 aromatic heterocycles. The third-order valence-electron chi connectivity index (χ3n) is 4.74. The molecule has 0 fully saturated rings. The molecule has 2 rings (SSSR count). The first-order chi connectivity index (χ1) is 13.7. The SMILES string of the molecule is CCCCCCCCCCCNc1ccc(C(=O)Oc2cccc(Br)c2)cc1. The topological polar surface area (TPSA) is 38.3 Å². The van der Waals surface area contributed by atoms with Gasteiger partial charge in [0.2, 0.25) is 0 Å². The summed E-state index contributed by atoms with van der Waals surface area (Å²) < 4.78 is 6.28. The molecule has 0 radical (unpaired) electrons. The molecule has 3 nitrogen and oxygen atoms in total. The number of hydrogen-bond donors (Lipinski definition) is 1. The monoisotopic (exact) mass is 445 g/mol. The van der Waals surface area contributed by atoms with E-state index >= 15 is 0 Å². The molecule has 0 saturated heterocycles. The van der Waals surface area contributed by atoms with E-state index in [2.05, 4.69) is 28.2 Å². The molecule has 0 aliphatic carbocycles. The first kappa shape index (κ1) is 22.5. The van der Waals surface area contributed by atoms with E-state index in [4.69, 9.17) is 4.74 Å². The molecule has 0 bridgehead atoms. The largest absolute Gasteiger partial charge is 0.423 e. The van der Waals surface area contributed by atoms with Crippen LogP contribution in [0.2, 0.25) is 0 Å². The number of anilines is 1. The maximum absolute atomic E-state index is 12.2. The fourth-order valence-electron chi connectivity index (χ4n) is 3.09. The molecule has 1 N–H and O–H groups in total. The number of carbonyl (C=O) groups is 1. The molecular weight excluding hydrogens is 414 g/mol. The summed E-state index contributed by atoms with van der Waals surface area (Å²) in [7, 11) is 0. The number of rotatable bonds is 13. The summed E-state index contributed by atoms with van der Waals surface area (Å²) in [6, 6.07) is 14.8. The predicted octanol–water partition coefficient (Wildman–Crippen LogP) is 7.61. The van der Waals surface area contributed by atoms with E-state index < -0.39 is 0 Å². The highest BCUT2D eigenvalue weighted by molar-refractivity contribution is 9.10. The summed E-state index contributed by atoms with van der Waals surface area (Å²) in [6.45, 7) is 3.23. The second-order valence-electron chi connectivity index (χ2n) is 7.18. The van der Waals surface area contributed by atoms with Crippen molar-refractivity contribution in [3.8, 4) is 5.75 Å². The Bertz CT molecular complexity index is 700. The average Bonchev–Trinajstić information content (AvgIpc) is 2.70. The fourth-order valence-corrected chi connectivity index (χ4v) is 3.47. The smallest absolute Gasteiger partial charge is 0.343 e. The lowest BCUT2D eigenvalue weighted by atomic mass is 10.1. The van der Waals surface area contributed by atoms with Crippen molar-refractivity contribution in [2.24, 2.45) is 0 Å². The minimum absolute atomic E-state index is 0.344. The molecule has 0 saturated carbocycles. The maximum atomic E-state index is 12.2. The standard InChI is InChI=1S/C24H32BrNO2/c1-2-3-4-5-6-7-8-9-10-18-26-22-16-14-20(15-17-22)24(27)28-23-13-11-12-21(25)19-23/h11-17,19,26H,2-10,18H2,1H3. The summed E-state index contributed by atoms with van der Waals surface area (Å²) in [6.07, 6.45) is 12.0. The quantitative estimate of drug-likeness (QED) is 0.195. The van der Waals surface area contributed by atoms with Crippen LogP contribution in [0.5, 0.6) is 5.75 Å². The Morgan fingerprint density at radius 1 is 0.893 bits per heavy atom. The number of unbranched alkanes of at least 4 members (excludes halogenated alkanes) is 8. The highest BCUT2D eigenvalue weighted by Crippen LogP contribution is 2.19. The van der Waals surface area contributed by atoms with Crippen LogP contribution in [0.1, 0.15) is 75.1 Å². The zero-order chi connectivity index (χ0) is 20.0. The average molecular weight is 446 g/mol. The van der Waals surface area contributed by atoms with E-state index in [0.717, 1.165) is 16.7 Å². The molecule has 0 aliphatic rings. The lowest BCUT2D eigenvalue weighted by Gasteiger charge is -2.08. The van der Waals surface area contributed by atoms with Gasteiger partial charge in [-0.15, -0.1) is 0 Å². The van der Waals surface area contributed by atoms with Crippen molar-refractivity contribution in [2.45, 2.75) is 64.7 Å². The van der Waals surface area contributed by atoms with Gasteiger partial charge in [-0.2, -0.15) is 0 Å². The molecule has 4 heteroatoms. The molecule has 2 aromatic carbocycles. The minimum Gasteiger partial charge on any atom is -0.423 e. The minimum atomic E-state index is -0.344. The molecular formula is C24H32BrNO2. The molecule has 0 amide bonds. The Morgan fingerprint density at radius 3 is 2.18 bits per heavy atom. The lowest BCUT2D eigenvalue weighted by molar-refractivity contribution is 0.0734. The Labute approximate surface area is 178 Å². The van der Waals surface area contributed by atoms with Crippen LogP contribution in [0.25, 0.3) is 0 Å². The van der Waals surface area contributed by atoms with Gasteiger partial charge >= 0.3 is 5.97 Å². The third kappa shape index (κ3) is 8.92. The number of halogens is 1. The van der Waals surface area contributed by atoms with Gasteiger partial charge < -0.3 is 10.1 Å². The van der Waals surface area contributed by atoms with Gasteiger partial charge in [0.05, 0.1) is 5.56 Å². The van der Waals surface area contributed by atoms with Crippen LogP contribution >= 0.6 is 15.9 Å². The lowest BCUT2D eigenvalue weighted by Crippen LogP contribution is -2.08. The Balaban J connectivity index is 1.61. The normalized spacial score (nSPS) is 10.6. The highest BCUT2D eigenvalue weighted by Gasteiger charge is 2.08. The predicted molar refractivity (Wildman–Crippen MR) is 121 cm³/mol. The van der Waals surface area contributed by atoms with E-state index in [1.165, 1.54) is 57.8 Å². The van der Waals surface area contributed by atoms with E-state index in [9.17, 15) is 4.79 Å². The maximum Gasteiger partial charge on any atom is 0.343 e. The zero-order valence-electron chi connectivity index (χ0n) is 16.9. The zero-order valence-corrected chi connectivity index (χ0v) is 18.5. The number of benzene rings is 2. The summed E-state index contributed by atoms with van der Waals surface area (Å²) >= 11 is 3.37. The Hall–Kier alpha value is -1.81. The van der Waals surface area contributed by atoms with Crippen LogP contribution in [0.3, 0.4) is 0 Å². The van der Waals surface area contributed by atoms with Crippen LogP contribution in [0, 0.1) is 0 Å². The second-order valence-corrected chi connectivity index (χ2v) is 8.10. The van der Waals surface area contributed by atoms with Crippen LogP contribution in [-0.4, -0.2) is 12.5 Å². The van der Waals surface area contributed by atoms with Gasteiger partial charge in [0.1, 0.15) is 5.75 Å². The van der Waals surface area contributed by atoms with Gasteiger partial charge in [0.25, 0.3) is 0 Å². The van der Waals surface area contributed by atoms with E-state index in [1.807, 2.05) is 24.3 Å². The number of ether oxygens (including phenoxy) is 1. The Kier molecular flexibility index (Phi) is 10.7. The van der Waals surface area contributed by atoms with Crippen molar-refractivity contribution in [1.82, 2.24) is 0 Å². The van der Waals surface area contributed by atoms with Crippen LogP contribution < -0.4 is 10.1 Å². The molecule has 0 heterocycles. The van der Waals surface area contributed by atoms with Crippen LogP contribution in [-0.2, 0) is 0 Å². The van der Waals surface area contributed by atoms with Crippen molar-refractivity contribution in [3.05, 3.63) is 58.6 Å². The van der Waals surface area contributed by atoms with Gasteiger partial charge in [-0.3, -0.25) is 0 Å². The van der Waals surface area contributed by atoms with Gasteiger partial charge in [0, 0.05) is 16.7 Å². The summed E-state index contributed by atoms with van der Waals surface area (Å²) in [5, 5.41) is 3.43. The molecule has 152 valence electrons. The van der Waals surface area contributed by atoms with E-state index in [0.29, 0.717) is 11.3 Å². The van der Waals surface area contributed by atoms with Gasteiger partial charge in [-0.1, -0.05) is 80.3 Å². The number of nitrogens with one attached hydrogen (secondary N) is 1. The summed E-state index contributed by atoms with van der Waals surface area (Å²) in [5.74, 6) is 0.190. The third-order valence-corrected chi connectivity index (χ3v) is 5.23. The summed E-state index contributed by atoms with van der Waals surface area (Å²) in [5.41, 5.74) is 1.59. The molecule has 0 atom stereocenters. The van der Waals surface area contributed by atoms with Crippen molar-refractivity contribution >= 4 is 27.6 Å². The molecule has 0 unspecified atom stereocenters. The molecule has 0 spiro atoms. The summed E-state index contributed by atoms with van der Waals surface area (Å²) in [4.78, 5) is 12.2. The van der Waals surface area contributed by atoms with Crippen molar-refractivity contribution < 1.29 is 9.53 Å². The van der Waals surface area contributed by atoms with Gasteiger partial charge in [-0.05, 0) is 48.9 Å². The van der Waals surface area contributed by atoms with Gasteiger partial charge in [-0.25, -0.2) is 4.79 Å².